The van der Waals surface area contributed by atoms with E-state index in [0.29, 0.717) is 0 Å². The fourth-order valence-electron chi connectivity index (χ4n) is 3.26. The maximum atomic E-state index is 5.50. The predicted octanol–water partition coefficient (Wildman–Crippen LogP) is 5.29. The van der Waals surface area contributed by atoms with Gasteiger partial charge in [0.1, 0.15) is 0 Å². The molecule has 2 heteroatoms. The van der Waals surface area contributed by atoms with Crippen molar-refractivity contribution in [3.05, 3.63) is 66.9 Å². The van der Waals surface area contributed by atoms with E-state index in [1.807, 2.05) is 6.07 Å². The summed E-state index contributed by atoms with van der Waals surface area (Å²) < 4.78 is 5.50. The Bertz CT molecular complexity index is 1140. The Morgan fingerprint density at radius 2 is 1.43 bits per heavy atom. The van der Waals surface area contributed by atoms with E-state index in [0.717, 1.165) is 16.4 Å². The predicted molar refractivity (Wildman–Crippen MR) is 86.5 cm³/mol. The summed E-state index contributed by atoms with van der Waals surface area (Å²) in [6.45, 7) is 0. The van der Waals surface area contributed by atoms with Gasteiger partial charge in [-0.15, -0.1) is 0 Å². The van der Waals surface area contributed by atoms with Gasteiger partial charge >= 0.3 is 0 Å². The lowest BCUT2D eigenvalue weighted by Gasteiger charge is -2.03. The Balaban J connectivity index is 2.07. The van der Waals surface area contributed by atoms with Crippen molar-refractivity contribution in [2.24, 2.45) is 0 Å². The van der Waals surface area contributed by atoms with Crippen molar-refractivity contribution >= 4 is 43.3 Å². The van der Waals surface area contributed by atoms with Gasteiger partial charge in [-0.3, -0.25) is 0 Å². The molecule has 0 amide bonds. The van der Waals surface area contributed by atoms with Crippen LogP contribution in [0, 0.1) is 0 Å². The number of hydrogen-bond donors (Lipinski definition) is 0. The molecule has 1 heterocycles. The first-order valence-corrected chi connectivity index (χ1v) is 6.99. The van der Waals surface area contributed by atoms with Crippen LogP contribution in [-0.2, 0) is 0 Å². The van der Waals surface area contributed by atoms with Gasteiger partial charge in [-0.25, -0.2) is 0 Å². The lowest BCUT2D eigenvalue weighted by molar-refractivity contribution is 0.444. The van der Waals surface area contributed by atoms with Gasteiger partial charge in [-0.05, 0) is 45.1 Å². The standard InChI is InChI=1S/C19H11NO/c1-2-4-14-13(3-1)11-18-15(14)7-8-17-16(18)6-5-12-9-10-20-21-19(12)17/h1-11H. The first-order valence-electron chi connectivity index (χ1n) is 6.99. The second-order valence-electron chi connectivity index (χ2n) is 5.35. The number of fused-ring (bicyclic) bond motifs is 7. The SMILES string of the molecule is c1ccc2c(c1)cc1c2ccc2c1ccc1ccnoc12. The fourth-order valence-corrected chi connectivity index (χ4v) is 3.26. The molecule has 0 aliphatic carbocycles. The topological polar surface area (TPSA) is 26.0 Å². The molecule has 0 fully saturated rings. The zero-order chi connectivity index (χ0) is 13.8. The third kappa shape index (κ3) is 1.39. The highest BCUT2D eigenvalue weighted by Crippen LogP contribution is 2.36. The molecule has 5 rings (SSSR count). The first kappa shape index (κ1) is 10.9. The Kier molecular flexibility index (Phi) is 1.98. The van der Waals surface area contributed by atoms with E-state index >= 15 is 0 Å². The molecule has 0 N–H and O–H groups in total. The summed E-state index contributed by atoms with van der Waals surface area (Å²) in [6.07, 6.45) is 1.68. The molecule has 0 saturated heterocycles. The van der Waals surface area contributed by atoms with E-state index in [-0.39, 0.29) is 0 Å². The second kappa shape index (κ2) is 3.83. The third-order valence-electron chi connectivity index (χ3n) is 4.23. The molecule has 1 aromatic heterocycles. The molecule has 0 bridgehead atoms. The average Bonchev–Trinajstić information content (AvgIpc) is 2.93. The van der Waals surface area contributed by atoms with E-state index in [2.05, 4.69) is 59.8 Å². The summed E-state index contributed by atoms with van der Waals surface area (Å²) in [6, 6.07) is 21.3. The van der Waals surface area contributed by atoms with Crippen molar-refractivity contribution in [1.29, 1.82) is 0 Å². The summed E-state index contributed by atoms with van der Waals surface area (Å²) in [5.41, 5.74) is 0.849. The Morgan fingerprint density at radius 3 is 2.43 bits per heavy atom. The van der Waals surface area contributed by atoms with Crippen molar-refractivity contribution in [3.63, 3.8) is 0 Å². The third-order valence-corrected chi connectivity index (χ3v) is 4.23. The second-order valence-corrected chi connectivity index (χ2v) is 5.35. The quantitative estimate of drug-likeness (QED) is 0.357. The van der Waals surface area contributed by atoms with E-state index in [4.69, 9.17) is 4.52 Å². The van der Waals surface area contributed by atoms with Crippen LogP contribution in [0.1, 0.15) is 0 Å². The molecule has 0 atom stereocenters. The van der Waals surface area contributed by atoms with Crippen LogP contribution in [0.25, 0.3) is 43.3 Å². The van der Waals surface area contributed by atoms with Crippen molar-refractivity contribution < 1.29 is 4.52 Å². The molecule has 5 aromatic rings. The lowest BCUT2D eigenvalue weighted by atomic mass is 10.0. The summed E-state index contributed by atoms with van der Waals surface area (Å²) in [5.74, 6) is 0. The molecule has 0 saturated carbocycles. The summed E-state index contributed by atoms with van der Waals surface area (Å²) in [5, 5.41) is 12.5. The summed E-state index contributed by atoms with van der Waals surface area (Å²) in [4.78, 5) is 0. The van der Waals surface area contributed by atoms with Crippen molar-refractivity contribution in [2.45, 2.75) is 0 Å². The molecule has 0 aliphatic heterocycles. The van der Waals surface area contributed by atoms with Crippen LogP contribution in [-0.4, -0.2) is 5.16 Å². The van der Waals surface area contributed by atoms with E-state index in [1.54, 1.807) is 6.20 Å². The molecule has 4 aromatic carbocycles. The van der Waals surface area contributed by atoms with Crippen LogP contribution in [0.3, 0.4) is 0 Å². The lowest BCUT2D eigenvalue weighted by Crippen LogP contribution is -1.79. The molecular formula is C19H11NO. The van der Waals surface area contributed by atoms with Gasteiger partial charge in [0.25, 0.3) is 0 Å². The summed E-state index contributed by atoms with van der Waals surface area (Å²) >= 11 is 0. The van der Waals surface area contributed by atoms with Crippen molar-refractivity contribution in [3.8, 4) is 0 Å². The molecule has 2 nitrogen and oxygen atoms in total. The Morgan fingerprint density at radius 1 is 0.619 bits per heavy atom. The maximum absolute atomic E-state index is 5.50. The molecule has 0 unspecified atom stereocenters. The molecular weight excluding hydrogens is 258 g/mol. The largest absolute Gasteiger partial charge is 0.356 e. The first-order chi connectivity index (χ1) is 10.4. The van der Waals surface area contributed by atoms with Crippen molar-refractivity contribution in [2.75, 3.05) is 0 Å². The van der Waals surface area contributed by atoms with Crippen molar-refractivity contribution in [1.82, 2.24) is 5.16 Å². The fraction of sp³-hybridized carbons (Fsp3) is 0. The highest BCUT2D eigenvalue weighted by Gasteiger charge is 2.09. The zero-order valence-electron chi connectivity index (χ0n) is 11.2. The number of hydrogen-bond acceptors (Lipinski definition) is 2. The van der Waals surface area contributed by atoms with Crippen LogP contribution in [0.15, 0.2) is 71.4 Å². The van der Waals surface area contributed by atoms with Gasteiger partial charge in [-0.2, -0.15) is 0 Å². The van der Waals surface area contributed by atoms with Gasteiger partial charge in [-0.1, -0.05) is 47.6 Å². The highest BCUT2D eigenvalue weighted by atomic mass is 16.5. The average molecular weight is 269 g/mol. The van der Waals surface area contributed by atoms with E-state index in [1.165, 1.54) is 26.9 Å². The van der Waals surface area contributed by atoms with E-state index in [9.17, 15) is 0 Å². The zero-order valence-corrected chi connectivity index (χ0v) is 11.2. The number of benzene rings is 3. The molecule has 0 radical (unpaired) electrons. The van der Waals surface area contributed by atoms with Crippen LogP contribution < -0.4 is 0 Å². The van der Waals surface area contributed by atoms with Crippen LogP contribution in [0.2, 0.25) is 0 Å². The Hall–Kier alpha value is -2.87. The highest BCUT2D eigenvalue weighted by molar-refractivity contribution is 6.23. The minimum absolute atomic E-state index is 0.849. The maximum Gasteiger partial charge on any atom is 0.173 e. The summed E-state index contributed by atoms with van der Waals surface area (Å²) in [7, 11) is 0. The monoisotopic (exact) mass is 269 g/mol. The smallest absolute Gasteiger partial charge is 0.173 e. The van der Waals surface area contributed by atoms with Crippen LogP contribution >= 0.6 is 0 Å². The minimum Gasteiger partial charge on any atom is -0.356 e. The van der Waals surface area contributed by atoms with Crippen LogP contribution in [0.5, 0.6) is 0 Å². The van der Waals surface area contributed by atoms with Gasteiger partial charge in [0.15, 0.2) is 5.58 Å². The normalized spacial score (nSPS) is 11.8. The molecule has 0 spiro atoms. The number of aromatic nitrogens is 1. The van der Waals surface area contributed by atoms with E-state index < -0.39 is 0 Å². The molecule has 21 heavy (non-hydrogen) atoms. The number of rotatable bonds is 0. The van der Waals surface area contributed by atoms with Crippen LogP contribution in [0.4, 0.5) is 0 Å². The van der Waals surface area contributed by atoms with Gasteiger partial charge in [0, 0.05) is 10.8 Å². The van der Waals surface area contributed by atoms with Gasteiger partial charge in [0.05, 0.1) is 6.20 Å². The van der Waals surface area contributed by atoms with Gasteiger partial charge < -0.3 is 4.52 Å². The number of nitrogens with zero attached hydrogens (tertiary/aromatic N) is 1. The molecule has 0 aliphatic rings. The molecule has 98 valence electrons. The van der Waals surface area contributed by atoms with Gasteiger partial charge in [0.2, 0.25) is 0 Å². The Labute approximate surface area is 120 Å². The minimum atomic E-state index is 0.849.